The molecule has 0 aliphatic rings. The molecule has 15 heavy (non-hydrogen) atoms. The molecule has 0 unspecified atom stereocenters. The van der Waals surface area contributed by atoms with E-state index in [0.717, 1.165) is 6.08 Å². The van der Waals surface area contributed by atoms with Crippen LogP contribution in [0.3, 0.4) is 0 Å². The fourth-order valence-corrected chi connectivity index (χ4v) is 0.739. The van der Waals surface area contributed by atoms with Crippen molar-refractivity contribution in [2.45, 2.75) is 26.7 Å². The van der Waals surface area contributed by atoms with Crippen LogP contribution in [0, 0.1) is 0 Å². The van der Waals surface area contributed by atoms with E-state index in [2.05, 4.69) is 13.2 Å². The summed E-state index contributed by atoms with van der Waals surface area (Å²) in [4.78, 5) is 0. The molecule has 0 saturated carbocycles. The monoisotopic (exact) mass is 221 g/mol. The number of hydrogen-bond donors (Lipinski definition) is 1. The molecule has 88 valence electrons. The molecule has 0 aliphatic heterocycles. The highest BCUT2D eigenvalue weighted by atomic mass is 19.3. The van der Waals surface area contributed by atoms with Crippen LogP contribution in [-0.2, 0) is 0 Å². The average molecular weight is 221 g/mol. The maximum atomic E-state index is 13.0. The molecule has 0 heterocycles. The second kappa shape index (κ2) is 7.29. The van der Waals surface area contributed by atoms with Crippen LogP contribution in [0.4, 0.5) is 13.2 Å². The van der Waals surface area contributed by atoms with Gasteiger partial charge in [-0.05, 0) is 12.5 Å². The lowest BCUT2D eigenvalue weighted by Gasteiger charge is -2.16. The van der Waals surface area contributed by atoms with Gasteiger partial charge in [-0.3, -0.25) is 0 Å². The molecular formula is C11H18F3N. The molecule has 0 atom stereocenters. The molecule has 0 aromatic heterocycles. The smallest absolute Gasteiger partial charge is 0.288 e. The van der Waals surface area contributed by atoms with Crippen molar-refractivity contribution in [2.75, 3.05) is 6.54 Å². The fourth-order valence-electron chi connectivity index (χ4n) is 0.739. The lowest BCUT2D eigenvalue weighted by Crippen LogP contribution is -2.30. The molecule has 2 N–H and O–H groups in total. The van der Waals surface area contributed by atoms with Gasteiger partial charge in [0.05, 0.1) is 12.1 Å². The SMILES string of the molecule is C=C/C(=C(/F)C(=C)C)C(F)(F)CN.CC. The van der Waals surface area contributed by atoms with E-state index in [-0.39, 0.29) is 5.57 Å². The van der Waals surface area contributed by atoms with Crippen LogP contribution in [0.25, 0.3) is 0 Å². The minimum absolute atomic E-state index is 0.0666. The fraction of sp³-hybridized carbons (Fsp3) is 0.455. The first-order valence-electron chi connectivity index (χ1n) is 4.63. The molecule has 0 saturated heterocycles. The summed E-state index contributed by atoms with van der Waals surface area (Å²) in [6.45, 7) is 10.7. The minimum Gasteiger partial charge on any atom is -0.325 e. The van der Waals surface area contributed by atoms with E-state index in [0.29, 0.717) is 0 Å². The predicted molar refractivity (Wildman–Crippen MR) is 58.5 cm³/mol. The van der Waals surface area contributed by atoms with E-state index in [1.54, 1.807) is 0 Å². The van der Waals surface area contributed by atoms with E-state index in [1.165, 1.54) is 6.92 Å². The normalized spacial score (nSPS) is 12.2. The lowest BCUT2D eigenvalue weighted by atomic mass is 10.1. The lowest BCUT2D eigenvalue weighted by molar-refractivity contribution is 0.0531. The predicted octanol–water partition coefficient (Wildman–Crippen LogP) is 3.59. The van der Waals surface area contributed by atoms with Gasteiger partial charge in [-0.2, -0.15) is 8.78 Å². The molecule has 0 aromatic rings. The van der Waals surface area contributed by atoms with Crippen LogP contribution in [-0.4, -0.2) is 12.5 Å². The van der Waals surface area contributed by atoms with E-state index in [9.17, 15) is 13.2 Å². The molecule has 0 radical (unpaired) electrons. The zero-order valence-corrected chi connectivity index (χ0v) is 9.41. The third-order valence-corrected chi connectivity index (χ3v) is 1.47. The molecule has 1 nitrogen and oxygen atoms in total. The van der Waals surface area contributed by atoms with Crippen molar-refractivity contribution >= 4 is 0 Å². The third-order valence-electron chi connectivity index (χ3n) is 1.47. The Labute approximate surface area is 89.2 Å². The highest BCUT2D eigenvalue weighted by Gasteiger charge is 2.33. The van der Waals surface area contributed by atoms with Crippen LogP contribution < -0.4 is 5.73 Å². The summed E-state index contributed by atoms with van der Waals surface area (Å²) in [5.74, 6) is -4.43. The largest absolute Gasteiger partial charge is 0.325 e. The van der Waals surface area contributed by atoms with Crippen LogP contribution in [0.1, 0.15) is 20.8 Å². The average Bonchev–Trinajstić information content (AvgIpc) is 2.21. The number of alkyl halides is 2. The Balaban J connectivity index is 0. The summed E-state index contributed by atoms with van der Waals surface area (Å²) >= 11 is 0. The first-order valence-corrected chi connectivity index (χ1v) is 4.63. The Kier molecular flexibility index (Phi) is 7.97. The summed E-state index contributed by atoms with van der Waals surface area (Å²) in [6.07, 6.45) is 0.761. The quantitative estimate of drug-likeness (QED) is 0.721. The number of halogens is 3. The van der Waals surface area contributed by atoms with Crippen LogP contribution in [0.15, 0.2) is 36.2 Å². The van der Waals surface area contributed by atoms with Gasteiger partial charge in [0.1, 0.15) is 5.83 Å². The number of rotatable bonds is 4. The maximum absolute atomic E-state index is 13.0. The van der Waals surface area contributed by atoms with Crippen molar-refractivity contribution in [1.29, 1.82) is 0 Å². The highest BCUT2D eigenvalue weighted by molar-refractivity contribution is 5.36. The van der Waals surface area contributed by atoms with Crippen LogP contribution in [0.2, 0.25) is 0 Å². The highest BCUT2D eigenvalue weighted by Crippen LogP contribution is 2.29. The summed E-state index contributed by atoms with van der Waals surface area (Å²) in [6, 6.07) is 0. The standard InChI is InChI=1S/C9H12F3N.C2H6/c1-4-7(8(10)6(2)3)9(11,12)5-13;1-2/h4H,1-2,5,13H2,3H3;1-2H3/b8-7-;. The first kappa shape index (κ1) is 16.4. The Morgan fingerprint density at radius 3 is 2.00 bits per heavy atom. The van der Waals surface area contributed by atoms with E-state index in [4.69, 9.17) is 5.73 Å². The zero-order valence-electron chi connectivity index (χ0n) is 9.41. The van der Waals surface area contributed by atoms with Crippen LogP contribution >= 0.6 is 0 Å². The van der Waals surface area contributed by atoms with E-state index in [1.807, 2.05) is 13.8 Å². The van der Waals surface area contributed by atoms with Gasteiger partial charge < -0.3 is 5.73 Å². The number of nitrogens with two attached hydrogens (primary N) is 1. The Hall–Kier alpha value is -1.03. The van der Waals surface area contributed by atoms with Gasteiger partial charge in [-0.15, -0.1) is 0 Å². The first-order chi connectivity index (χ1) is 6.86. The van der Waals surface area contributed by atoms with E-state index >= 15 is 0 Å². The van der Waals surface area contributed by atoms with Crippen LogP contribution in [0.5, 0.6) is 0 Å². The summed E-state index contributed by atoms with van der Waals surface area (Å²) < 4.78 is 38.8. The maximum Gasteiger partial charge on any atom is 0.288 e. The van der Waals surface area contributed by atoms with Gasteiger partial charge >= 0.3 is 0 Å². The van der Waals surface area contributed by atoms with Gasteiger partial charge in [0.25, 0.3) is 5.92 Å². The van der Waals surface area contributed by atoms with Gasteiger partial charge in [-0.1, -0.05) is 33.1 Å². The third kappa shape index (κ3) is 4.83. The Bertz CT molecular complexity index is 255. The zero-order chi connectivity index (χ0) is 12.6. The molecule has 0 aromatic carbocycles. The Morgan fingerprint density at radius 1 is 1.40 bits per heavy atom. The second-order valence-electron chi connectivity index (χ2n) is 2.62. The van der Waals surface area contributed by atoms with Crippen molar-refractivity contribution < 1.29 is 13.2 Å². The topological polar surface area (TPSA) is 26.0 Å². The van der Waals surface area contributed by atoms with Crippen molar-refractivity contribution in [2.24, 2.45) is 5.73 Å². The molecule has 0 bridgehead atoms. The molecule has 0 spiro atoms. The number of allylic oxidation sites excluding steroid dienone is 3. The Morgan fingerprint density at radius 2 is 1.80 bits per heavy atom. The second-order valence-corrected chi connectivity index (χ2v) is 2.62. The van der Waals surface area contributed by atoms with E-state index < -0.39 is 23.9 Å². The molecule has 4 heteroatoms. The van der Waals surface area contributed by atoms with Gasteiger partial charge in [0, 0.05) is 0 Å². The molecule has 0 fully saturated rings. The van der Waals surface area contributed by atoms with Gasteiger partial charge in [0.2, 0.25) is 0 Å². The summed E-state index contributed by atoms with van der Waals surface area (Å²) in [5.41, 5.74) is 3.92. The molecule has 0 rings (SSSR count). The molecule has 0 amide bonds. The van der Waals surface area contributed by atoms with Crippen molar-refractivity contribution in [3.05, 3.63) is 36.2 Å². The minimum atomic E-state index is -3.38. The summed E-state index contributed by atoms with van der Waals surface area (Å²) in [7, 11) is 0. The molecular weight excluding hydrogens is 203 g/mol. The van der Waals surface area contributed by atoms with Gasteiger partial charge in [0.15, 0.2) is 0 Å². The van der Waals surface area contributed by atoms with Crippen molar-refractivity contribution in [1.82, 2.24) is 0 Å². The van der Waals surface area contributed by atoms with Gasteiger partial charge in [-0.25, -0.2) is 4.39 Å². The van der Waals surface area contributed by atoms with Crippen molar-refractivity contribution in [3.63, 3.8) is 0 Å². The van der Waals surface area contributed by atoms with Crippen molar-refractivity contribution in [3.8, 4) is 0 Å². The number of hydrogen-bond acceptors (Lipinski definition) is 1. The summed E-state index contributed by atoms with van der Waals surface area (Å²) in [5, 5.41) is 0. The molecule has 0 aliphatic carbocycles.